The number of aromatic nitrogens is 7. The molecule has 14 nitrogen and oxygen atoms in total. The van der Waals surface area contributed by atoms with Crippen LogP contribution in [0.15, 0.2) is 73.1 Å². The molecule has 252 valence electrons. The molecule has 1 atom stereocenters. The number of hydrogen-bond donors (Lipinski definition) is 5. The van der Waals surface area contributed by atoms with Crippen molar-refractivity contribution in [2.75, 3.05) is 17.2 Å². The topological polar surface area (TPSA) is 198 Å². The predicted molar refractivity (Wildman–Crippen MR) is 184 cm³/mol. The lowest BCUT2D eigenvalue weighted by atomic mass is 9.81. The van der Waals surface area contributed by atoms with Crippen LogP contribution < -0.4 is 21.7 Å². The number of carbonyl (C=O) groups is 3. The number of aromatic amines is 1. The molecule has 6 rings (SSSR count). The van der Waals surface area contributed by atoms with Crippen LogP contribution >= 0.6 is 0 Å². The highest BCUT2D eigenvalue weighted by Crippen LogP contribution is 2.29. The number of aryl methyl sites for hydroxylation is 2. The molecule has 0 radical (unpaired) electrons. The molecule has 2 aromatic carbocycles. The normalized spacial score (nSPS) is 16.5. The van der Waals surface area contributed by atoms with Gasteiger partial charge in [-0.05, 0) is 97.3 Å². The van der Waals surface area contributed by atoms with Gasteiger partial charge in [-0.1, -0.05) is 24.3 Å². The van der Waals surface area contributed by atoms with Crippen LogP contribution in [0, 0.1) is 18.8 Å². The molecule has 1 aliphatic carbocycles. The fraction of sp³-hybridized carbons (Fsp3) is 0.314. The zero-order valence-electron chi connectivity index (χ0n) is 27.4. The van der Waals surface area contributed by atoms with Crippen LogP contribution in [0.25, 0.3) is 22.5 Å². The number of tetrazole rings is 1. The summed E-state index contributed by atoms with van der Waals surface area (Å²) in [4.78, 5) is 44.2. The Morgan fingerprint density at radius 2 is 1.71 bits per heavy atom. The number of benzene rings is 2. The summed E-state index contributed by atoms with van der Waals surface area (Å²) in [6.45, 7) is 2.55. The first-order chi connectivity index (χ1) is 23.7. The van der Waals surface area contributed by atoms with E-state index in [-0.39, 0.29) is 29.3 Å². The van der Waals surface area contributed by atoms with Crippen LogP contribution in [0.2, 0.25) is 0 Å². The summed E-state index contributed by atoms with van der Waals surface area (Å²) in [5.41, 5.74) is 11.0. The van der Waals surface area contributed by atoms with Gasteiger partial charge in [0.25, 0.3) is 5.91 Å². The van der Waals surface area contributed by atoms with Crippen molar-refractivity contribution in [3.8, 4) is 22.5 Å². The van der Waals surface area contributed by atoms with Crippen molar-refractivity contribution >= 4 is 29.2 Å². The number of pyridine rings is 1. The van der Waals surface area contributed by atoms with E-state index in [4.69, 9.17) is 5.73 Å². The van der Waals surface area contributed by atoms with Gasteiger partial charge >= 0.3 is 0 Å². The lowest BCUT2D eigenvalue weighted by molar-refractivity contribution is -0.130. The maximum absolute atomic E-state index is 13.7. The lowest BCUT2D eigenvalue weighted by Crippen LogP contribution is -2.48. The molecule has 14 heteroatoms. The fourth-order valence-electron chi connectivity index (χ4n) is 6.08. The van der Waals surface area contributed by atoms with Crippen LogP contribution in [0.4, 0.5) is 11.5 Å². The van der Waals surface area contributed by atoms with Crippen LogP contribution in [0.3, 0.4) is 0 Å². The number of hydrogen-bond acceptors (Lipinski definition) is 9. The van der Waals surface area contributed by atoms with Crippen molar-refractivity contribution in [2.24, 2.45) is 24.6 Å². The monoisotopic (exact) mass is 661 g/mol. The Kier molecular flexibility index (Phi) is 10.1. The number of H-pyrrole nitrogens is 1. The standard InChI is InChI=1S/C35H39N11O3/c1-21-17-29(34(48)40-31-15-16-46(2)43-31)37-20-28(21)24-7-3-22(4-8-24)18-30(39-33(47)26-9-5-23(19-36)6-10-26)35(49)38-27-13-11-25(12-14-27)32-41-44-45-42-32/h3-4,7-8,11-17,20,23,26,30H,5-6,9-10,18-19,36H2,1-2H3,(H,38,49)(H,39,47)(H,40,43,48)(H,41,42,44,45). The maximum atomic E-state index is 13.7. The summed E-state index contributed by atoms with van der Waals surface area (Å²) in [5, 5.41) is 26.9. The van der Waals surface area contributed by atoms with Crippen molar-refractivity contribution in [3.05, 3.63) is 89.9 Å². The Balaban J connectivity index is 1.15. The summed E-state index contributed by atoms with van der Waals surface area (Å²) in [6.07, 6.45) is 7.04. The van der Waals surface area contributed by atoms with E-state index in [0.29, 0.717) is 36.2 Å². The molecule has 1 saturated carbocycles. The summed E-state index contributed by atoms with van der Waals surface area (Å²) < 4.78 is 1.61. The van der Waals surface area contributed by atoms with Gasteiger partial charge in [0.05, 0.1) is 0 Å². The molecule has 1 unspecified atom stereocenters. The zero-order chi connectivity index (χ0) is 34.3. The molecular weight excluding hydrogens is 622 g/mol. The molecule has 5 aromatic rings. The molecule has 49 heavy (non-hydrogen) atoms. The minimum absolute atomic E-state index is 0.117. The first-order valence-electron chi connectivity index (χ1n) is 16.3. The van der Waals surface area contributed by atoms with Gasteiger partial charge in [-0.3, -0.25) is 24.0 Å². The molecule has 0 aliphatic heterocycles. The van der Waals surface area contributed by atoms with Crippen LogP contribution in [-0.4, -0.2) is 65.7 Å². The number of amides is 3. The number of carbonyl (C=O) groups excluding carboxylic acids is 3. The Hall–Kier alpha value is -5.76. The second-order valence-corrected chi connectivity index (χ2v) is 12.4. The number of anilines is 2. The third-order valence-corrected chi connectivity index (χ3v) is 8.94. The lowest BCUT2D eigenvalue weighted by Gasteiger charge is -2.28. The second-order valence-electron chi connectivity index (χ2n) is 12.4. The number of nitrogens with zero attached hydrogens (tertiary/aromatic N) is 6. The van der Waals surface area contributed by atoms with Gasteiger partial charge in [-0.25, -0.2) is 0 Å². The van der Waals surface area contributed by atoms with Crippen molar-refractivity contribution in [1.29, 1.82) is 0 Å². The molecule has 3 aromatic heterocycles. The van der Waals surface area contributed by atoms with Gasteiger partial charge in [0, 0.05) is 54.7 Å². The van der Waals surface area contributed by atoms with E-state index in [1.54, 1.807) is 60.5 Å². The number of nitrogens with two attached hydrogens (primary N) is 1. The molecule has 1 fully saturated rings. The van der Waals surface area contributed by atoms with Crippen molar-refractivity contribution in [2.45, 2.75) is 45.1 Å². The van der Waals surface area contributed by atoms with Crippen molar-refractivity contribution in [3.63, 3.8) is 0 Å². The minimum atomic E-state index is -0.803. The third-order valence-electron chi connectivity index (χ3n) is 8.94. The Morgan fingerprint density at radius 3 is 2.35 bits per heavy atom. The van der Waals surface area contributed by atoms with E-state index in [1.165, 1.54) is 0 Å². The summed E-state index contributed by atoms with van der Waals surface area (Å²) in [6, 6.07) is 17.5. The number of nitrogens with one attached hydrogen (secondary N) is 4. The minimum Gasteiger partial charge on any atom is -0.344 e. The molecular formula is C35H39N11O3. The van der Waals surface area contributed by atoms with Crippen LogP contribution in [0.1, 0.15) is 47.3 Å². The average molecular weight is 662 g/mol. The van der Waals surface area contributed by atoms with E-state index >= 15 is 0 Å². The van der Waals surface area contributed by atoms with Crippen LogP contribution in [0.5, 0.6) is 0 Å². The smallest absolute Gasteiger partial charge is 0.275 e. The van der Waals surface area contributed by atoms with E-state index < -0.39 is 6.04 Å². The van der Waals surface area contributed by atoms with E-state index in [2.05, 4.69) is 46.7 Å². The highest BCUT2D eigenvalue weighted by Gasteiger charge is 2.29. The van der Waals surface area contributed by atoms with E-state index in [9.17, 15) is 14.4 Å². The zero-order valence-corrected chi connectivity index (χ0v) is 27.4. The quantitative estimate of drug-likeness (QED) is 0.140. The first kappa shape index (κ1) is 33.2. The highest BCUT2D eigenvalue weighted by molar-refractivity contribution is 6.02. The van der Waals surface area contributed by atoms with E-state index in [1.807, 2.05) is 31.2 Å². The molecule has 3 amide bonds. The van der Waals surface area contributed by atoms with Crippen molar-refractivity contribution < 1.29 is 14.4 Å². The van der Waals surface area contributed by atoms with Crippen LogP contribution in [-0.2, 0) is 23.1 Å². The Bertz CT molecular complexity index is 1900. The van der Waals surface area contributed by atoms with Gasteiger partial charge in [-0.15, -0.1) is 10.2 Å². The first-order valence-corrected chi connectivity index (χ1v) is 16.3. The third kappa shape index (κ3) is 8.22. The Morgan fingerprint density at radius 1 is 0.980 bits per heavy atom. The van der Waals surface area contributed by atoms with Gasteiger partial charge in [0.2, 0.25) is 17.6 Å². The fourth-order valence-corrected chi connectivity index (χ4v) is 6.08. The Labute approximate surface area is 283 Å². The van der Waals surface area contributed by atoms with Crippen molar-refractivity contribution in [1.82, 2.24) is 40.7 Å². The largest absolute Gasteiger partial charge is 0.344 e. The average Bonchev–Trinajstić information content (AvgIpc) is 3.81. The van der Waals surface area contributed by atoms with Gasteiger partial charge < -0.3 is 21.7 Å². The molecule has 0 bridgehead atoms. The highest BCUT2D eigenvalue weighted by atomic mass is 16.2. The molecule has 0 saturated heterocycles. The van der Waals surface area contributed by atoms with E-state index in [0.717, 1.165) is 53.5 Å². The predicted octanol–water partition coefficient (Wildman–Crippen LogP) is 3.65. The summed E-state index contributed by atoms with van der Waals surface area (Å²) >= 11 is 0. The summed E-state index contributed by atoms with van der Waals surface area (Å²) in [5.74, 6) is 0.407. The molecule has 1 aliphatic rings. The molecule has 6 N–H and O–H groups in total. The van der Waals surface area contributed by atoms with Gasteiger partial charge in [0.15, 0.2) is 5.82 Å². The maximum Gasteiger partial charge on any atom is 0.275 e. The summed E-state index contributed by atoms with van der Waals surface area (Å²) in [7, 11) is 1.78. The molecule has 3 heterocycles. The number of rotatable bonds is 11. The second kappa shape index (κ2) is 15.0. The molecule has 0 spiro atoms. The van der Waals surface area contributed by atoms with Gasteiger partial charge in [0.1, 0.15) is 11.7 Å². The van der Waals surface area contributed by atoms with Gasteiger partial charge in [-0.2, -0.15) is 10.3 Å². The SMILES string of the molecule is Cc1cc(C(=O)Nc2ccn(C)n2)ncc1-c1ccc(CC(NC(=O)C2CCC(CN)CC2)C(=O)Nc2ccc(-c3nn[nH]n3)cc2)cc1.